The highest BCUT2D eigenvalue weighted by Crippen LogP contribution is 2.28. The number of carbonyl (C=O) groups is 1. The van der Waals surface area contributed by atoms with Gasteiger partial charge in [0.05, 0.1) is 16.5 Å². The van der Waals surface area contributed by atoms with E-state index in [2.05, 4.69) is 21.1 Å². The van der Waals surface area contributed by atoms with Crippen molar-refractivity contribution in [2.45, 2.75) is 39.3 Å². The highest BCUT2D eigenvalue weighted by molar-refractivity contribution is 5.91. The van der Waals surface area contributed by atoms with Crippen molar-refractivity contribution in [2.24, 2.45) is 7.05 Å². The number of ether oxygens (including phenoxy) is 1. The highest BCUT2D eigenvalue weighted by Gasteiger charge is 2.31. The number of fused-ring (bicyclic) bond motifs is 1. The molecule has 1 fully saturated rings. The van der Waals surface area contributed by atoms with Crippen molar-refractivity contribution in [1.29, 1.82) is 5.26 Å². The van der Waals surface area contributed by atoms with Crippen LogP contribution in [0.1, 0.15) is 33.3 Å². The first kappa shape index (κ1) is 22.3. The smallest absolute Gasteiger partial charge is 0.410 e. The maximum absolute atomic E-state index is 12.4. The van der Waals surface area contributed by atoms with E-state index in [1.54, 1.807) is 36.5 Å². The lowest BCUT2D eigenvalue weighted by Crippen LogP contribution is -2.55. The van der Waals surface area contributed by atoms with Crippen LogP contribution in [-0.4, -0.2) is 62.0 Å². The summed E-state index contributed by atoms with van der Waals surface area (Å²) in [5.41, 5.74) is 1.49. The Kier molecular flexibility index (Phi) is 5.57. The summed E-state index contributed by atoms with van der Waals surface area (Å²) in [6, 6.07) is 5.59. The average molecular weight is 450 g/mol. The summed E-state index contributed by atoms with van der Waals surface area (Å²) in [5.74, 6) is 0.558. The number of nitrogens with one attached hydrogen (secondary N) is 1. The molecule has 1 unspecified atom stereocenters. The first-order chi connectivity index (χ1) is 15.6. The molecule has 1 aliphatic heterocycles. The number of nitrogens with zero attached hydrogens (tertiary/aromatic N) is 6. The lowest BCUT2D eigenvalue weighted by atomic mass is 10.0. The molecule has 1 amide bonds. The summed E-state index contributed by atoms with van der Waals surface area (Å²) in [6.45, 7) is 9.21. The van der Waals surface area contributed by atoms with Crippen molar-refractivity contribution >= 4 is 22.9 Å². The molecule has 1 aromatic carbocycles. The van der Waals surface area contributed by atoms with Gasteiger partial charge in [-0.15, -0.1) is 0 Å². The molecule has 0 aliphatic carbocycles. The van der Waals surface area contributed by atoms with E-state index >= 15 is 0 Å². The van der Waals surface area contributed by atoms with Crippen molar-refractivity contribution in [2.75, 3.05) is 24.5 Å². The summed E-state index contributed by atoms with van der Waals surface area (Å²) < 4.78 is 6.86. The first-order valence-corrected chi connectivity index (χ1v) is 10.8. The third kappa shape index (κ3) is 4.26. The quantitative estimate of drug-likeness (QED) is 0.638. The normalized spacial score (nSPS) is 16.7. The molecule has 0 bridgehead atoms. The van der Waals surface area contributed by atoms with Crippen molar-refractivity contribution in [3.8, 4) is 17.2 Å². The Balaban J connectivity index is 1.54. The van der Waals surface area contributed by atoms with Crippen molar-refractivity contribution < 1.29 is 9.53 Å². The van der Waals surface area contributed by atoms with Crippen molar-refractivity contribution in [3.63, 3.8) is 0 Å². The summed E-state index contributed by atoms with van der Waals surface area (Å²) in [7, 11) is 1.62. The zero-order chi connectivity index (χ0) is 23.9. The molecule has 0 radical (unpaired) electrons. The van der Waals surface area contributed by atoms with E-state index in [1.165, 1.54) is 4.68 Å². The Bertz CT molecular complexity index is 1300. The molecule has 2 aromatic heterocycles. The van der Waals surface area contributed by atoms with E-state index < -0.39 is 5.60 Å². The standard InChI is InChI=1S/C23H27N7O3/c1-14-13-29(8-9-30(14)22(32)33-23(2,3)4)21-25-11-15(12-26-21)16-6-7-17-19(18(16)10-24)27-28(5)20(17)31/h6-7,11-12,14,27H,8-9,13H2,1-5H3. The number of rotatable bonds is 2. The zero-order valence-electron chi connectivity index (χ0n) is 19.4. The van der Waals surface area contributed by atoms with Gasteiger partial charge in [-0.2, -0.15) is 5.26 Å². The molecule has 3 aromatic rings. The lowest BCUT2D eigenvalue weighted by Gasteiger charge is -2.40. The number of aromatic amines is 1. The van der Waals surface area contributed by atoms with Gasteiger partial charge in [0.15, 0.2) is 0 Å². The van der Waals surface area contributed by atoms with E-state index in [1.807, 2.05) is 32.6 Å². The molecular formula is C23H27N7O3. The Morgan fingerprint density at radius 3 is 2.55 bits per heavy atom. The zero-order valence-corrected chi connectivity index (χ0v) is 19.4. The Labute approximate surface area is 191 Å². The number of amides is 1. The molecule has 4 rings (SSSR count). The number of carbonyl (C=O) groups excluding carboxylic acids is 1. The van der Waals surface area contributed by atoms with Gasteiger partial charge in [0, 0.05) is 56.2 Å². The predicted molar refractivity (Wildman–Crippen MR) is 124 cm³/mol. The van der Waals surface area contributed by atoms with E-state index in [9.17, 15) is 14.9 Å². The first-order valence-electron chi connectivity index (χ1n) is 10.8. The predicted octanol–water partition coefficient (Wildman–Crippen LogP) is 2.64. The van der Waals surface area contributed by atoms with Gasteiger partial charge in [-0.05, 0) is 33.8 Å². The van der Waals surface area contributed by atoms with Gasteiger partial charge in [-0.3, -0.25) is 14.6 Å². The molecule has 1 saturated heterocycles. The number of hydrogen-bond donors (Lipinski definition) is 1. The second-order valence-corrected chi connectivity index (χ2v) is 9.24. The Morgan fingerprint density at radius 2 is 1.94 bits per heavy atom. The minimum absolute atomic E-state index is 0.0561. The second kappa shape index (κ2) is 8.24. The van der Waals surface area contributed by atoms with Crippen LogP contribution in [0, 0.1) is 11.3 Å². The van der Waals surface area contributed by atoms with Gasteiger partial charge >= 0.3 is 6.09 Å². The second-order valence-electron chi connectivity index (χ2n) is 9.24. The van der Waals surface area contributed by atoms with Crippen LogP contribution in [0.3, 0.4) is 0 Å². The summed E-state index contributed by atoms with van der Waals surface area (Å²) >= 11 is 0. The van der Waals surface area contributed by atoms with Crippen LogP contribution in [-0.2, 0) is 11.8 Å². The fourth-order valence-electron chi connectivity index (χ4n) is 4.01. The number of nitriles is 1. The molecule has 0 spiro atoms. The molecule has 1 aliphatic rings. The number of piperazine rings is 1. The fourth-order valence-corrected chi connectivity index (χ4v) is 4.01. The minimum Gasteiger partial charge on any atom is -0.444 e. The molecule has 10 heteroatoms. The number of benzene rings is 1. The van der Waals surface area contributed by atoms with Crippen LogP contribution in [0.2, 0.25) is 0 Å². The maximum atomic E-state index is 12.4. The topological polar surface area (TPSA) is 120 Å². The summed E-state index contributed by atoms with van der Waals surface area (Å²) in [5, 5.41) is 13.1. The summed E-state index contributed by atoms with van der Waals surface area (Å²) in [4.78, 5) is 37.4. The Hall–Kier alpha value is -3.87. The number of H-pyrrole nitrogens is 1. The van der Waals surface area contributed by atoms with Crippen LogP contribution in [0.4, 0.5) is 10.7 Å². The van der Waals surface area contributed by atoms with E-state index in [0.29, 0.717) is 53.2 Å². The number of anilines is 1. The van der Waals surface area contributed by atoms with E-state index in [0.717, 1.165) is 0 Å². The number of aromatic nitrogens is 4. The molecule has 3 heterocycles. The molecule has 1 N–H and O–H groups in total. The highest BCUT2D eigenvalue weighted by atomic mass is 16.6. The third-order valence-electron chi connectivity index (χ3n) is 5.62. The van der Waals surface area contributed by atoms with Gasteiger partial charge < -0.3 is 14.5 Å². The van der Waals surface area contributed by atoms with Gasteiger partial charge in [-0.1, -0.05) is 6.07 Å². The maximum Gasteiger partial charge on any atom is 0.410 e. The van der Waals surface area contributed by atoms with Gasteiger partial charge in [-0.25, -0.2) is 14.8 Å². The Morgan fingerprint density at radius 1 is 1.24 bits per heavy atom. The molecular weight excluding hydrogens is 422 g/mol. The molecule has 1 atom stereocenters. The number of hydrogen-bond acceptors (Lipinski definition) is 7. The molecule has 0 saturated carbocycles. The van der Waals surface area contributed by atoms with Gasteiger partial charge in [0.2, 0.25) is 5.95 Å². The SMILES string of the molecule is CC1CN(c2ncc(-c3ccc4c(=O)n(C)[nH]c4c3C#N)cn2)CCN1C(=O)OC(C)(C)C. The monoisotopic (exact) mass is 449 g/mol. The van der Waals surface area contributed by atoms with Gasteiger partial charge in [0.1, 0.15) is 11.7 Å². The lowest BCUT2D eigenvalue weighted by molar-refractivity contribution is 0.0158. The summed E-state index contributed by atoms with van der Waals surface area (Å²) in [6.07, 6.45) is 3.04. The largest absolute Gasteiger partial charge is 0.444 e. The average Bonchev–Trinajstić information content (AvgIpc) is 3.05. The van der Waals surface area contributed by atoms with E-state index in [4.69, 9.17) is 4.74 Å². The minimum atomic E-state index is -0.537. The van der Waals surface area contributed by atoms with Gasteiger partial charge in [0.25, 0.3) is 5.56 Å². The van der Waals surface area contributed by atoms with Crippen LogP contribution >= 0.6 is 0 Å². The van der Waals surface area contributed by atoms with Crippen LogP contribution in [0.15, 0.2) is 29.3 Å². The van der Waals surface area contributed by atoms with Crippen LogP contribution < -0.4 is 10.5 Å². The fraction of sp³-hybridized carbons (Fsp3) is 0.435. The van der Waals surface area contributed by atoms with Crippen LogP contribution in [0.25, 0.3) is 22.0 Å². The molecule has 33 heavy (non-hydrogen) atoms. The molecule has 172 valence electrons. The molecule has 10 nitrogen and oxygen atoms in total. The van der Waals surface area contributed by atoms with Crippen LogP contribution in [0.5, 0.6) is 0 Å². The van der Waals surface area contributed by atoms with Crippen molar-refractivity contribution in [1.82, 2.24) is 24.6 Å². The number of aryl methyl sites for hydroxylation is 1. The van der Waals surface area contributed by atoms with Crippen molar-refractivity contribution in [3.05, 3.63) is 40.4 Å². The van der Waals surface area contributed by atoms with E-state index in [-0.39, 0.29) is 17.7 Å². The third-order valence-corrected chi connectivity index (χ3v) is 5.62.